The molecule has 1 aromatic carbocycles. The highest BCUT2D eigenvalue weighted by Gasteiger charge is 2.09. The number of ether oxygens (including phenoxy) is 1. The number of pyridine rings is 1. The van der Waals surface area contributed by atoms with E-state index in [0.717, 1.165) is 25.1 Å². The SMILES string of the molecule is CCCCNc1ccnc(C(=O)Nc2cccc(OC)c2)c1. The molecule has 0 unspecified atom stereocenters. The number of carbonyl (C=O) groups excluding carboxylic acids is 1. The highest BCUT2D eigenvalue weighted by atomic mass is 16.5. The minimum absolute atomic E-state index is 0.243. The van der Waals surface area contributed by atoms with Crippen molar-refractivity contribution in [2.24, 2.45) is 0 Å². The molecular weight excluding hydrogens is 278 g/mol. The lowest BCUT2D eigenvalue weighted by atomic mass is 10.2. The molecular formula is C17H21N3O2. The summed E-state index contributed by atoms with van der Waals surface area (Å²) in [5, 5.41) is 6.10. The van der Waals surface area contributed by atoms with Gasteiger partial charge in [-0.25, -0.2) is 0 Å². The summed E-state index contributed by atoms with van der Waals surface area (Å²) in [7, 11) is 1.59. The zero-order valence-corrected chi connectivity index (χ0v) is 12.9. The van der Waals surface area contributed by atoms with Crippen molar-refractivity contribution in [3.8, 4) is 5.75 Å². The van der Waals surface area contributed by atoms with Crippen LogP contribution in [-0.4, -0.2) is 24.5 Å². The van der Waals surface area contributed by atoms with E-state index in [9.17, 15) is 4.79 Å². The number of anilines is 2. The van der Waals surface area contributed by atoms with Crippen molar-refractivity contribution in [2.75, 3.05) is 24.3 Å². The summed E-state index contributed by atoms with van der Waals surface area (Å²) in [6.45, 7) is 3.03. The van der Waals surface area contributed by atoms with E-state index in [-0.39, 0.29) is 5.91 Å². The number of rotatable bonds is 7. The molecule has 0 aliphatic heterocycles. The third kappa shape index (κ3) is 4.48. The first-order valence-corrected chi connectivity index (χ1v) is 7.38. The van der Waals surface area contributed by atoms with Crippen molar-refractivity contribution < 1.29 is 9.53 Å². The Morgan fingerprint density at radius 3 is 2.86 bits per heavy atom. The number of aromatic nitrogens is 1. The molecule has 1 amide bonds. The van der Waals surface area contributed by atoms with E-state index in [2.05, 4.69) is 22.5 Å². The molecule has 0 saturated heterocycles. The van der Waals surface area contributed by atoms with E-state index >= 15 is 0 Å². The number of benzene rings is 1. The Morgan fingerprint density at radius 1 is 1.23 bits per heavy atom. The largest absolute Gasteiger partial charge is 0.497 e. The van der Waals surface area contributed by atoms with Crippen LogP contribution in [0, 0.1) is 0 Å². The Bertz CT molecular complexity index is 629. The molecule has 1 heterocycles. The van der Waals surface area contributed by atoms with Crippen molar-refractivity contribution in [3.63, 3.8) is 0 Å². The predicted molar refractivity (Wildman–Crippen MR) is 88.6 cm³/mol. The number of nitrogens with one attached hydrogen (secondary N) is 2. The monoisotopic (exact) mass is 299 g/mol. The van der Waals surface area contributed by atoms with Gasteiger partial charge in [-0.05, 0) is 30.7 Å². The van der Waals surface area contributed by atoms with Crippen molar-refractivity contribution in [3.05, 3.63) is 48.3 Å². The van der Waals surface area contributed by atoms with E-state index in [0.29, 0.717) is 17.1 Å². The molecule has 0 spiro atoms. The normalized spacial score (nSPS) is 10.1. The maximum absolute atomic E-state index is 12.3. The van der Waals surface area contributed by atoms with Gasteiger partial charge in [0, 0.05) is 30.2 Å². The van der Waals surface area contributed by atoms with Gasteiger partial charge in [-0.15, -0.1) is 0 Å². The quantitative estimate of drug-likeness (QED) is 0.767. The summed E-state index contributed by atoms with van der Waals surface area (Å²) in [4.78, 5) is 16.4. The number of hydrogen-bond donors (Lipinski definition) is 2. The van der Waals surface area contributed by atoms with Gasteiger partial charge in [0.15, 0.2) is 0 Å². The Balaban J connectivity index is 2.03. The molecule has 116 valence electrons. The molecule has 0 fully saturated rings. The molecule has 0 aliphatic rings. The molecule has 5 nitrogen and oxygen atoms in total. The fraction of sp³-hybridized carbons (Fsp3) is 0.294. The summed E-state index contributed by atoms with van der Waals surface area (Å²) in [5.41, 5.74) is 1.96. The first-order valence-electron chi connectivity index (χ1n) is 7.38. The average Bonchev–Trinajstić information content (AvgIpc) is 2.55. The van der Waals surface area contributed by atoms with Crippen LogP contribution in [0.1, 0.15) is 30.3 Å². The van der Waals surface area contributed by atoms with Crippen LogP contribution in [0.5, 0.6) is 5.75 Å². The number of nitrogens with zero attached hydrogens (tertiary/aromatic N) is 1. The van der Waals surface area contributed by atoms with Gasteiger partial charge in [0.25, 0.3) is 5.91 Å². The molecule has 0 saturated carbocycles. The van der Waals surface area contributed by atoms with Gasteiger partial charge in [0.1, 0.15) is 11.4 Å². The van der Waals surface area contributed by atoms with E-state index in [1.54, 1.807) is 25.4 Å². The minimum atomic E-state index is -0.243. The molecule has 0 radical (unpaired) electrons. The van der Waals surface area contributed by atoms with Crippen LogP contribution in [0.2, 0.25) is 0 Å². The van der Waals surface area contributed by atoms with E-state index < -0.39 is 0 Å². The molecule has 2 N–H and O–H groups in total. The topological polar surface area (TPSA) is 63.2 Å². The molecule has 0 bridgehead atoms. The second-order valence-electron chi connectivity index (χ2n) is 4.90. The lowest BCUT2D eigenvalue weighted by Gasteiger charge is -2.09. The molecule has 2 aromatic rings. The van der Waals surface area contributed by atoms with Gasteiger partial charge in [-0.3, -0.25) is 9.78 Å². The van der Waals surface area contributed by atoms with Gasteiger partial charge in [-0.1, -0.05) is 19.4 Å². The molecule has 22 heavy (non-hydrogen) atoms. The van der Waals surface area contributed by atoms with Crippen molar-refractivity contribution in [1.29, 1.82) is 0 Å². The van der Waals surface area contributed by atoms with Crippen molar-refractivity contribution >= 4 is 17.3 Å². The van der Waals surface area contributed by atoms with Crippen LogP contribution in [0.25, 0.3) is 0 Å². The molecule has 0 aliphatic carbocycles. The van der Waals surface area contributed by atoms with Crippen LogP contribution >= 0.6 is 0 Å². The molecule has 0 atom stereocenters. The Hall–Kier alpha value is -2.56. The highest BCUT2D eigenvalue weighted by Crippen LogP contribution is 2.17. The standard InChI is InChI=1S/C17H21N3O2/c1-3-4-9-18-13-8-10-19-16(12-13)17(21)20-14-6-5-7-15(11-14)22-2/h5-8,10-12H,3-4,9H2,1-2H3,(H,18,19)(H,20,21). The predicted octanol–water partition coefficient (Wildman–Crippen LogP) is 3.55. The maximum Gasteiger partial charge on any atom is 0.274 e. The van der Waals surface area contributed by atoms with Gasteiger partial charge in [0.2, 0.25) is 0 Å². The smallest absolute Gasteiger partial charge is 0.274 e. The highest BCUT2D eigenvalue weighted by molar-refractivity contribution is 6.03. The Kier molecular flexibility index (Phi) is 5.77. The van der Waals surface area contributed by atoms with Crippen LogP contribution in [0.3, 0.4) is 0 Å². The minimum Gasteiger partial charge on any atom is -0.497 e. The summed E-state index contributed by atoms with van der Waals surface area (Å²) < 4.78 is 5.14. The average molecular weight is 299 g/mol. The fourth-order valence-corrected chi connectivity index (χ4v) is 1.97. The first-order chi connectivity index (χ1) is 10.7. The van der Waals surface area contributed by atoms with Crippen molar-refractivity contribution in [2.45, 2.75) is 19.8 Å². The number of carbonyl (C=O) groups is 1. The van der Waals surface area contributed by atoms with E-state index in [1.807, 2.05) is 24.3 Å². The second kappa shape index (κ2) is 8.02. The van der Waals surface area contributed by atoms with E-state index in [4.69, 9.17) is 4.74 Å². The summed E-state index contributed by atoms with van der Waals surface area (Å²) in [6.07, 6.45) is 3.85. The zero-order chi connectivity index (χ0) is 15.8. The summed E-state index contributed by atoms with van der Waals surface area (Å²) in [5.74, 6) is 0.452. The van der Waals surface area contributed by atoms with Crippen molar-refractivity contribution in [1.82, 2.24) is 4.98 Å². The molecule has 1 aromatic heterocycles. The van der Waals surface area contributed by atoms with Gasteiger partial charge in [0.05, 0.1) is 7.11 Å². The van der Waals surface area contributed by atoms with Crippen LogP contribution in [-0.2, 0) is 0 Å². The third-order valence-electron chi connectivity index (χ3n) is 3.18. The van der Waals surface area contributed by atoms with E-state index in [1.165, 1.54) is 0 Å². The van der Waals surface area contributed by atoms with Gasteiger partial charge < -0.3 is 15.4 Å². The Morgan fingerprint density at radius 2 is 2.09 bits per heavy atom. The van der Waals surface area contributed by atoms with Gasteiger partial charge >= 0.3 is 0 Å². The zero-order valence-electron chi connectivity index (χ0n) is 12.9. The molecule has 5 heteroatoms. The fourth-order valence-electron chi connectivity index (χ4n) is 1.97. The number of hydrogen-bond acceptors (Lipinski definition) is 4. The second-order valence-corrected chi connectivity index (χ2v) is 4.90. The van der Waals surface area contributed by atoms with Crippen LogP contribution in [0.4, 0.5) is 11.4 Å². The first kappa shape index (κ1) is 15.8. The maximum atomic E-state index is 12.3. The molecule has 2 rings (SSSR count). The Labute approximate surface area is 130 Å². The number of amides is 1. The third-order valence-corrected chi connectivity index (χ3v) is 3.18. The summed E-state index contributed by atoms with van der Waals surface area (Å²) in [6, 6.07) is 10.8. The lowest BCUT2D eigenvalue weighted by Crippen LogP contribution is -2.14. The summed E-state index contributed by atoms with van der Waals surface area (Å²) >= 11 is 0. The van der Waals surface area contributed by atoms with Crippen LogP contribution in [0.15, 0.2) is 42.6 Å². The van der Waals surface area contributed by atoms with Crippen LogP contribution < -0.4 is 15.4 Å². The number of methoxy groups -OCH3 is 1. The number of unbranched alkanes of at least 4 members (excludes halogenated alkanes) is 1. The van der Waals surface area contributed by atoms with Gasteiger partial charge in [-0.2, -0.15) is 0 Å². The lowest BCUT2D eigenvalue weighted by molar-refractivity contribution is 0.102.